The molecule has 0 aromatic heterocycles. The average Bonchev–Trinajstić information content (AvgIpc) is 2.38. The van der Waals surface area contributed by atoms with Crippen molar-refractivity contribution in [2.45, 2.75) is 12.6 Å². The van der Waals surface area contributed by atoms with Crippen molar-refractivity contribution in [1.82, 2.24) is 0 Å². The van der Waals surface area contributed by atoms with Gasteiger partial charge in [0.1, 0.15) is 0 Å². The third-order valence-electron chi connectivity index (χ3n) is 2.74. The van der Waals surface area contributed by atoms with E-state index in [1.165, 1.54) is 7.11 Å². The lowest BCUT2D eigenvalue weighted by atomic mass is 10.0. The number of ether oxygens (including phenoxy) is 1. The standard InChI is InChI=1S/C14H13FO2/c1-17-14(16)13(15)9-11-7-4-6-10-5-2-3-8-12(10)11/h2-8,13H,9H2,1H3. The summed E-state index contributed by atoms with van der Waals surface area (Å²) in [6, 6.07) is 13.4. The minimum absolute atomic E-state index is 0.0496. The molecule has 0 saturated heterocycles. The summed E-state index contributed by atoms with van der Waals surface area (Å²) in [7, 11) is 1.19. The van der Waals surface area contributed by atoms with Crippen LogP contribution in [-0.2, 0) is 16.0 Å². The molecule has 0 saturated carbocycles. The summed E-state index contributed by atoms with van der Waals surface area (Å²) >= 11 is 0. The van der Waals surface area contributed by atoms with Gasteiger partial charge in [-0.15, -0.1) is 0 Å². The van der Waals surface area contributed by atoms with Crippen LogP contribution in [0.4, 0.5) is 4.39 Å². The number of alkyl halides is 1. The van der Waals surface area contributed by atoms with Gasteiger partial charge in [0.2, 0.25) is 6.17 Å². The molecule has 0 aliphatic heterocycles. The molecule has 0 fully saturated rings. The molecule has 0 spiro atoms. The second-order valence-corrected chi connectivity index (χ2v) is 3.83. The Morgan fingerprint density at radius 3 is 2.71 bits per heavy atom. The quantitative estimate of drug-likeness (QED) is 0.760. The van der Waals surface area contributed by atoms with Gasteiger partial charge in [0, 0.05) is 6.42 Å². The van der Waals surface area contributed by atoms with Gasteiger partial charge in [-0.1, -0.05) is 42.5 Å². The lowest BCUT2D eigenvalue weighted by molar-refractivity contribution is -0.146. The Morgan fingerprint density at radius 1 is 1.24 bits per heavy atom. The average molecular weight is 232 g/mol. The molecule has 2 aromatic carbocycles. The molecule has 0 heterocycles. The van der Waals surface area contributed by atoms with E-state index in [1.807, 2.05) is 42.5 Å². The van der Waals surface area contributed by atoms with Crippen LogP contribution >= 0.6 is 0 Å². The van der Waals surface area contributed by atoms with Gasteiger partial charge in [-0.3, -0.25) is 0 Å². The van der Waals surface area contributed by atoms with Crippen LogP contribution in [0.2, 0.25) is 0 Å². The minimum atomic E-state index is -1.61. The Bertz CT molecular complexity index is 531. The van der Waals surface area contributed by atoms with Crippen LogP contribution in [0.3, 0.4) is 0 Å². The zero-order valence-corrected chi connectivity index (χ0v) is 9.52. The van der Waals surface area contributed by atoms with Crippen molar-refractivity contribution in [1.29, 1.82) is 0 Å². The molecule has 1 atom stereocenters. The third kappa shape index (κ3) is 2.44. The smallest absolute Gasteiger partial charge is 0.340 e. The Kier molecular flexibility index (Phi) is 3.38. The predicted octanol–water partition coefficient (Wildman–Crippen LogP) is 2.89. The number of hydrogen-bond acceptors (Lipinski definition) is 2. The number of rotatable bonds is 3. The van der Waals surface area contributed by atoms with Crippen molar-refractivity contribution in [2.75, 3.05) is 7.11 Å². The summed E-state index contributed by atoms with van der Waals surface area (Å²) < 4.78 is 17.9. The van der Waals surface area contributed by atoms with Crippen LogP contribution in [-0.4, -0.2) is 19.3 Å². The van der Waals surface area contributed by atoms with E-state index in [0.717, 1.165) is 16.3 Å². The molecule has 2 rings (SSSR count). The number of methoxy groups -OCH3 is 1. The van der Waals surface area contributed by atoms with Gasteiger partial charge in [-0.2, -0.15) is 0 Å². The van der Waals surface area contributed by atoms with E-state index >= 15 is 0 Å². The lowest BCUT2D eigenvalue weighted by Crippen LogP contribution is -2.19. The number of carbonyl (C=O) groups excluding carboxylic acids is 1. The largest absolute Gasteiger partial charge is 0.467 e. The van der Waals surface area contributed by atoms with Crippen molar-refractivity contribution < 1.29 is 13.9 Å². The maximum atomic E-state index is 13.5. The Balaban J connectivity index is 2.33. The van der Waals surface area contributed by atoms with E-state index < -0.39 is 12.1 Å². The molecule has 3 heteroatoms. The molecule has 0 N–H and O–H groups in total. The molecule has 2 nitrogen and oxygen atoms in total. The van der Waals surface area contributed by atoms with Gasteiger partial charge in [0.05, 0.1) is 7.11 Å². The highest BCUT2D eigenvalue weighted by atomic mass is 19.1. The topological polar surface area (TPSA) is 26.3 Å². The molecule has 0 bridgehead atoms. The first-order chi connectivity index (χ1) is 8.22. The van der Waals surface area contributed by atoms with Gasteiger partial charge in [-0.25, -0.2) is 9.18 Å². The molecular formula is C14H13FO2. The summed E-state index contributed by atoms with van der Waals surface area (Å²) in [6.45, 7) is 0. The fraction of sp³-hybridized carbons (Fsp3) is 0.214. The van der Waals surface area contributed by atoms with Gasteiger partial charge < -0.3 is 4.74 Å². The van der Waals surface area contributed by atoms with Crippen LogP contribution in [0.15, 0.2) is 42.5 Å². The van der Waals surface area contributed by atoms with Crippen LogP contribution in [0.25, 0.3) is 10.8 Å². The van der Waals surface area contributed by atoms with Gasteiger partial charge >= 0.3 is 5.97 Å². The van der Waals surface area contributed by atoms with E-state index in [4.69, 9.17) is 0 Å². The molecule has 1 unspecified atom stereocenters. The first-order valence-electron chi connectivity index (χ1n) is 5.41. The van der Waals surface area contributed by atoms with Crippen LogP contribution in [0.1, 0.15) is 5.56 Å². The minimum Gasteiger partial charge on any atom is -0.467 e. The van der Waals surface area contributed by atoms with E-state index in [9.17, 15) is 9.18 Å². The maximum absolute atomic E-state index is 13.5. The molecule has 0 aliphatic rings. The number of hydrogen-bond donors (Lipinski definition) is 0. The lowest BCUT2D eigenvalue weighted by Gasteiger charge is -2.08. The highest BCUT2D eigenvalue weighted by molar-refractivity contribution is 5.86. The zero-order chi connectivity index (χ0) is 12.3. The fourth-order valence-electron chi connectivity index (χ4n) is 1.87. The highest BCUT2D eigenvalue weighted by Gasteiger charge is 2.18. The van der Waals surface area contributed by atoms with Crippen molar-refractivity contribution in [3.63, 3.8) is 0 Å². The van der Waals surface area contributed by atoms with Gasteiger partial charge in [0.25, 0.3) is 0 Å². The molecule has 2 aromatic rings. The first kappa shape index (κ1) is 11.6. The van der Waals surface area contributed by atoms with Crippen molar-refractivity contribution in [3.8, 4) is 0 Å². The molecule has 0 amide bonds. The Hall–Kier alpha value is -1.90. The molecule has 0 aliphatic carbocycles. The monoisotopic (exact) mass is 232 g/mol. The molecule has 17 heavy (non-hydrogen) atoms. The Morgan fingerprint density at radius 2 is 1.94 bits per heavy atom. The van der Waals surface area contributed by atoms with Crippen LogP contribution in [0.5, 0.6) is 0 Å². The number of benzene rings is 2. The summed E-state index contributed by atoms with van der Waals surface area (Å²) in [5.74, 6) is -0.821. The van der Waals surface area contributed by atoms with E-state index in [0.29, 0.717) is 0 Å². The van der Waals surface area contributed by atoms with Crippen molar-refractivity contribution in [2.24, 2.45) is 0 Å². The second-order valence-electron chi connectivity index (χ2n) is 3.83. The first-order valence-corrected chi connectivity index (χ1v) is 5.41. The molecule has 88 valence electrons. The normalized spacial score (nSPS) is 12.4. The second kappa shape index (κ2) is 4.95. The fourth-order valence-corrected chi connectivity index (χ4v) is 1.87. The van der Waals surface area contributed by atoms with Gasteiger partial charge in [0.15, 0.2) is 0 Å². The summed E-state index contributed by atoms with van der Waals surface area (Å²) in [4.78, 5) is 11.1. The van der Waals surface area contributed by atoms with Crippen molar-refractivity contribution in [3.05, 3.63) is 48.0 Å². The summed E-state index contributed by atoms with van der Waals surface area (Å²) in [5.41, 5.74) is 0.820. The zero-order valence-electron chi connectivity index (χ0n) is 9.52. The van der Waals surface area contributed by atoms with Crippen LogP contribution < -0.4 is 0 Å². The predicted molar refractivity (Wildman–Crippen MR) is 64.6 cm³/mol. The van der Waals surface area contributed by atoms with Gasteiger partial charge in [-0.05, 0) is 16.3 Å². The SMILES string of the molecule is COC(=O)C(F)Cc1cccc2ccccc12. The molecule has 0 radical (unpaired) electrons. The number of fused-ring (bicyclic) bond motifs is 1. The van der Waals surface area contributed by atoms with Crippen molar-refractivity contribution >= 4 is 16.7 Å². The number of halogens is 1. The molecular weight excluding hydrogens is 219 g/mol. The van der Waals surface area contributed by atoms with E-state index in [-0.39, 0.29) is 6.42 Å². The summed E-state index contributed by atoms with van der Waals surface area (Å²) in [6.07, 6.45) is -1.56. The highest BCUT2D eigenvalue weighted by Crippen LogP contribution is 2.20. The number of carbonyl (C=O) groups is 1. The third-order valence-corrected chi connectivity index (χ3v) is 2.74. The summed E-state index contributed by atoms with van der Waals surface area (Å²) in [5, 5.41) is 2.02. The van der Waals surface area contributed by atoms with E-state index in [2.05, 4.69) is 4.74 Å². The number of esters is 1. The Labute approximate surface area is 99.0 Å². The van der Waals surface area contributed by atoms with E-state index in [1.54, 1.807) is 0 Å². The van der Waals surface area contributed by atoms with Crippen LogP contribution in [0, 0.1) is 0 Å². The maximum Gasteiger partial charge on any atom is 0.340 e.